The van der Waals surface area contributed by atoms with Crippen LogP contribution in [-0.4, -0.2) is 27.9 Å². The van der Waals surface area contributed by atoms with Crippen molar-refractivity contribution in [1.29, 1.82) is 0 Å². The molecule has 0 radical (unpaired) electrons. The third-order valence-corrected chi connectivity index (χ3v) is 11.4. The van der Waals surface area contributed by atoms with Gasteiger partial charge in [-0.25, -0.2) is 9.97 Å². The lowest BCUT2D eigenvalue weighted by Gasteiger charge is -2.31. The lowest BCUT2D eigenvalue weighted by Crippen LogP contribution is -2.29. The smallest absolute Gasteiger partial charge is 0.116 e. The highest BCUT2D eigenvalue weighted by Crippen LogP contribution is 2.48. The maximum Gasteiger partial charge on any atom is 0.116 e. The Kier molecular flexibility index (Phi) is 5.14. The molecule has 3 aliphatic rings. The minimum absolute atomic E-state index is 0.285. The van der Waals surface area contributed by atoms with Crippen LogP contribution in [0.5, 0.6) is 0 Å². The molecule has 6 aromatic rings. The van der Waals surface area contributed by atoms with Crippen LogP contribution >= 0.6 is 22.7 Å². The van der Waals surface area contributed by atoms with E-state index in [0.717, 1.165) is 28.8 Å². The van der Waals surface area contributed by atoms with Gasteiger partial charge in [0, 0.05) is 50.3 Å². The van der Waals surface area contributed by atoms with Crippen molar-refractivity contribution in [1.82, 2.24) is 9.97 Å². The van der Waals surface area contributed by atoms with Crippen molar-refractivity contribution in [3.8, 4) is 0 Å². The molecule has 0 N–H and O–H groups in total. The van der Waals surface area contributed by atoms with E-state index >= 15 is 0 Å². The van der Waals surface area contributed by atoms with Gasteiger partial charge >= 0.3 is 0 Å². The van der Waals surface area contributed by atoms with Crippen molar-refractivity contribution >= 4 is 87.4 Å². The number of rotatable bonds is 2. The number of aliphatic imine (C=N–C) groups is 2. The molecular weight excluding hydrogens is 553 g/mol. The Morgan fingerprint density at radius 3 is 2.83 bits per heavy atom. The predicted molar refractivity (Wildman–Crippen MR) is 180 cm³/mol. The molecule has 4 nitrogen and oxygen atoms in total. The van der Waals surface area contributed by atoms with Gasteiger partial charge in [0.1, 0.15) is 11.9 Å². The van der Waals surface area contributed by atoms with Crippen LogP contribution < -0.4 is 0 Å². The molecular formula is C36H26N4S2. The number of allylic oxidation sites excluding steroid dienone is 3. The molecule has 0 saturated heterocycles. The maximum atomic E-state index is 4.78. The van der Waals surface area contributed by atoms with Crippen molar-refractivity contribution < 1.29 is 0 Å². The van der Waals surface area contributed by atoms with Crippen LogP contribution in [0, 0.1) is 5.92 Å². The van der Waals surface area contributed by atoms with Crippen molar-refractivity contribution in [3.63, 3.8) is 0 Å². The Balaban J connectivity index is 1.18. The number of benzene rings is 3. The molecule has 2 atom stereocenters. The first-order valence-electron chi connectivity index (χ1n) is 14.4. The molecule has 202 valence electrons. The van der Waals surface area contributed by atoms with E-state index in [4.69, 9.17) is 4.99 Å². The fourth-order valence-electron chi connectivity index (χ4n) is 6.90. The summed E-state index contributed by atoms with van der Waals surface area (Å²) in [7, 11) is 0. The van der Waals surface area contributed by atoms with Gasteiger partial charge in [0.25, 0.3) is 0 Å². The molecule has 0 spiro atoms. The third kappa shape index (κ3) is 3.58. The lowest BCUT2D eigenvalue weighted by atomic mass is 9.82. The largest absolute Gasteiger partial charge is 0.278 e. The van der Waals surface area contributed by atoms with Gasteiger partial charge < -0.3 is 0 Å². The molecule has 0 saturated carbocycles. The minimum Gasteiger partial charge on any atom is -0.278 e. The summed E-state index contributed by atoms with van der Waals surface area (Å²) in [5, 5.41) is 5.19. The van der Waals surface area contributed by atoms with E-state index in [1.807, 2.05) is 23.7 Å². The maximum absolute atomic E-state index is 4.78. The molecule has 3 aromatic carbocycles. The van der Waals surface area contributed by atoms with Gasteiger partial charge in [-0.05, 0) is 82.0 Å². The molecule has 9 rings (SSSR count). The molecule has 1 aliphatic heterocycles. The second kappa shape index (κ2) is 8.87. The monoisotopic (exact) mass is 578 g/mol. The number of hydrogen-bond acceptors (Lipinski definition) is 6. The summed E-state index contributed by atoms with van der Waals surface area (Å²) in [6, 6.07) is 18.4. The highest BCUT2D eigenvalue weighted by Gasteiger charge is 2.33. The van der Waals surface area contributed by atoms with Gasteiger partial charge in [0.2, 0.25) is 0 Å². The van der Waals surface area contributed by atoms with E-state index in [1.165, 1.54) is 63.7 Å². The first kappa shape index (κ1) is 24.3. The van der Waals surface area contributed by atoms with Gasteiger partial charge in [0.15, 0.2) is 0 Å². The summed E-state index contributed by atoms with van der Waals surface area (Å²) in [4.78, 5) is 19.6. The Labute approximate surface area is 251 Å². The third-order valence-electron chi connectivity index (χ3n) is 8.96. The molecule has 0 fully saturated rings. The van der Waals surface area contributed by atoms with Crippen molar-refractivity contribution in [2.75, 3.05) is 0 Å². The van der Waals surface area contributed by atoms with Crippen LogP contribution in [-0.2, 0) is 6.42 Å². The Morgan fingerprint density at radius 1 is 0.929 bits per heavy atom. The molecule has 6 heteroatoms. The molecule has 42 heavy (non-hydrogen) atoms. The normalized spacial score (nSPS) is 21.5. The summed E-state index contributed by atoms with van der Waals surface area (Å²) in [6.07, 6.45) is 16.0. The molecule has 4 heterocycles. The zero-order valence-corrected chi connectivity index (χ0v) is 24.9. The first-order chi connectivity index (χ1) is 20.5. The van der Waals surface area contributed by atoms with Crippen LogP contribution in [0.15, 0.2) is 95.0 Å². The van der Waals surface area contributed by atoms with Gasteiger partial charge in [-0.3, -0.25) is 9.98 Å². The van der Waals surface area contributed by atoms with Crippen LogP contribution in [0.25, 0.3) is 52.3 Å². The zero-order valence-electron chi connectivity index (χ0n) is 23.3. The van der Waals surface area contributed by atoms with E-state index in [1.54, 1.807) is 23.9 Å². The average Bonchev–Trinajstić information content (AvgIpc) is 3.56. The van der Waals surface area contributed by atoms with E-state index in [2.05, 4.69) is 95.6 Å². The van der Waals surface area contributed by atoms with Gasteiger partial charge in [-0.1, -0.05) is 49.4 Å². The number of nitrogens with zero attached hydrogens (tertiary/aromatic N) is 4. The van der Waals surface area contributed by atoms with Gasteiger partial charge in [-0.15, -0.1) is 22.7 Å². The van der Waals surface area contributed by atoms with E-state index < -0.39 is 0 Å². The summed E-state index contributed by atoms with van der Waals surface area (Å²) in [6.45, 7) is 4.53. The van der Waals surface area contributed by atoms with Crippen LogP contribution in [0.2, 0.25) is 0 Å². The van der Waals surface area contributed by atoms with Gasteiger partial charge in [0.05, 0.1) is 15.9 Å². The summed E-state index contributed by atoms with van der Waals surface area (Å²) in [5.41, 5.74) is 8.53. The lowest BCUT2D eigenvalue weighted by molar-refractivity contribution is 0.558. The van der Waals surface area contributed by atoms with Crippen molar-refractivity contribution in [2.24, 2.45) is 15.9 Å². The van der Waals surface area contributed by atoms with Crippen molar-refractivity contribution in [2.45, 2.75) is 32.2 Å². The zero-order chi connectivity index (χ0) is 28.0. The standard InChI is InChI=1S/C36H26N4S2/c1-20-12-28(25-4-3-5-26-33-31(42-34(25)26)18-37-19-39-33)35-29(13-20)27-15-24-14-21(6-7-22(24)16-30(27)41-35)23-8-9-32-36(2,17-23)40-11-10-38-32/h3-12,14-16,18-20H,13,17H2,1-2H3. The molecule has 0 amide bonds. The number of thiophene rings is 2. The average molecular weight is 579 g/mol. The fourth-order valence-corrected chi connectivity index (χ4v) is 9.35. The highest BCUT2D eigenvalue weighted by molar-refractivity contribution is 7.26. The van der Waals surface area contributed by atoms with Crippen LogP contribution in [0.4, 0.5) is 0 Å². The highest BCUT2D eigenvalue weighted by atomic mass is 32.1. The summed E-state index contributed by atoms with van der Waals surface area (Å²) < 4.78 is 3.80. The molecule has 2 aliphatic carbocycles. The van der Waals surface area contributed by atoms with Crippen molar-refractivity contribution in [3.05, 3.63) is 107 Å². The predicted octanol–water partition coefficient (Wildman–Crippen LogP) is 9.42. The van der Waals surface area contributed by atoms with Crippen LogP contribution in [0.1, 0.15) is 41.8 Å². The van der Waals surface area contributed by atoms with Gasteiger partial charge in [-0.2, -0.15) is 0 Å². The Morgan fingerprint density at radius 2 is 1.88 bits per heavy atom. The molecule has 2 unspecified atom stereocenters. The van der Waals surface area contributed by atoms with E-state index in [-0.39, 0.29) is 5.54 Å². The fraction of sp³-hybridized carbons (Fsp3) is 0.167. The number of fused-ring (bicyclic) bond motifs is 8. The topological polar surface area (TPSA) is 50.5 Å². The minimum atomic E-state index is -0.285. The molecule has 3 aromatic heterocycles. The second-order valence-corrected chi connectivity index (χ2v) is 14.0. The summed E-state index contributed by atoms with van der Waals surface area (Å²) in [5.74, 6) is 0.463. The van der Waals surface area contributed by atoms with E-state index in [0.29, 0.717) is 5.92 Å². The first-order valence-corrected chi connectivity index (χ1v) is 16.0. The number of hydrogen-bond donors (Lipinski definition) is 0. The molecule has 0 bridgehead atoms. The second-order valence-electron chi connectivity index (χ2n) is 11.9. The number of aromatic nitrogens is 2. The SMILES string of the molecule is CC1C=C(c2cccc3c2sc2cncnc23)c2sc3cc4ccc(C5=CC=C6N=CC=NC6(C)C5)cc4cc3c2C1. The summed E-state index contributed by atoms with van der Waals surface area (Å²) >= 11 is 3.74. The Bertz CT molecular complexity index is 2290. The quantitative estimate of drug-likeness (QED) is 0.205. The Hall–Kier alpha value is -4.26. The van der Waals surface area contributed by atoms with E-state index in [9.17, 15) is 0 Å². The van der Waals surface area contributed by atoms with Crippen LogP contribution in [0.3, 0.4) is 0 Å².